The second-order valence-electron chi connectivity index (χ2n) is 6.66. The van der Waals surface area contributed by atoms with Gasteiger partial charge < -0.3 is 19.0 Å². The van der Waals surface area contributed by atoms with Crippen molar-refractivity contribution in [1.29, 1.82) is 0 Å². The van der Waals surface area contributed by atoms with Crippen LogP contribution in [0.3, 0.4) is 0 Å². The van der Waals surface area contributed by atoms with Crippen molar-refractivity contribution in [2.45, 2.75) is 13.5 Å². The Bertz CT molecular complexity index is 1070. The molecule has 0 radical (unpaired) electrons. The van der Waals surface area contributed by atoms with Crippen LogP contribution in [0.25, 0.3) is 0 Å². The number of hydrogen-bond donors (Lipinski definition) is 1. The number of carbonyl (C=O) groups is 2. The van der Waals surface area contributed by atoms with Crippen LogP contribution in [0.2, 0.25) is 0 Å². The zero-order chi connectivity index (χ0) is 21.6. The summed E-state index contributed by atoms with van der Waals surface area (Å²) in [6.07, 6.45) is 0. The lowest BCUT2D eigenvalue weighted by molar-refractivity contribution is -0.117. The number of urea groups is 1. The molecule has 8 nitrogen and oxygen atoms in total. The molecule has 0 atom stereocenters. The topological polar surface area (TPSA) is 86.3 Å². The Labute approximate surface area is 178 Å². The molecule has 4 rings (SSSR count). The van der Waals surface area contributed by atoms with E-state index in [0.29, 0.717) is 35.3 Å². The lowest BCUT2D eigenvalue weighted by atomic mass is 10.2. The summed E-state index contributed by atoms with van der Waals surface area (Å²) in [5, 5.41) is 3.20. The Morgan fingerprint density at radius 1 is 0.935 bits per heavy atom. The van der Waals surface area contributed by atoms with Gasteiger partial charge in [0.05, 0.1) is 5.69 Å². The number of anilines is 1. The van der Waals surface area contributed by atoms with Crippen molar-refractivity contribution in [2.75, 3.05) is 11.9 Å². The van der Waals surface area contributed by atoms with Gasteiger partial charge in [0.25, 0.3) is 0 Å². The van der Waals surface area contributed by atoms with Crippen molar-refractivity contribution in [2.24, 2.45) is 0 Å². The highest BCUT2D eigenvalue weighted by Crippen LogP contribution is 2.35. The van der Waals surface area contributed by atoms with Crippen LogP contribution in [-0.2, 0) is 11.4 Å². The minimum Gasteiger partial charge on any atom is -0.489 e. The summed E-state index contributed by atoms with van der Waals surface area (Å²) in [6.45, 7) is 1.79. The lowest BCUT2D eigenvalue weighted by Gasteiger charge is -2.22. The summed E-state index contributed by atoms with van der Waals surface area (Å²) in [6, 6.07) is 20.7. The summed E-state index contributed by atoms with van der Waals surface area (Å²) in [5.74, 6) is 1.56. The normalized spacial score (nSPS) is 11.5. The number of carbonyl (C=O) groups excluding carboxylic acids is 2. The molecule has 0 unspecified atom stereocenters. The summed E-state index contributed by atoms with van der Waals surface area (Å²) in [5.41, 5.74) is 1.45. The number of nitrogens with zero attached hydrogens (tertiary/aromatic N) is 1. The van der Waals surface area contributed by atoms with Crippen LogP contribution < -0.4 is 29.4 Å². The molecule has 0 saturated carbocycles. The van der Waals surface area contributed by atoms with Crippen molar-refractivity contribution in [1.82, 2.24) is 5.32 Å². The van der Waals surface area contributed by atoms with Gasteiger partial charge in [-0.3, -0.25) is 10.1 Å². The van der Waals surface area contributed by atoms with E-state index >= 15 is 0 Å². The van der Waals surface area contributed by atoms with Gasteiger partial charge in [-0.2, -0.15) is 0 Å². The molecule has 158 valence electrons. The summed E-state index contributed by atoms with van der Waals surface area (Å²) in [4.78, 5) is 29.7. The molecule has 0 fully saturated rings. The quantitative estimate of drug-likeness (QED) is 0.606. The second kappa shape index (κ2) is 9.08. The highest BCUT2D eigenvalue weighted by atomic mass is 16.7. The first-order valence-corrected chi connectivity index (χ1v) is 9.54. The van der Waals surface area contributed by atoms with E-state index in [-0.39, 0.29) is 6.79 Å². The Morgan fingerprint density at radius 2 is 1.65 bits per heavy atom. The molecule has 3 aromatic rings. The third kappa shape index (κ3) is 5.05. The lowest BCUT2D eigenvalue weighted by Crippen LogP contribution is -2.44. The maximum Gasteiger partial charge on any atom is 0.362 e. The van der Waals surface area contributed by atoms with E-state index in [2.05, 4.69) is 5.32 Å². The Balaban J connectivity index is 1.50. The first-order valence-electron chi connectivity index (χ1n) is 9.54. The first kappa shape index (κ1) is 20.1. The monoisotopic (exact) mass is 420 g/mol. The number of hydroxylamine groups is 1. The van der Waals surface area contributed by atoms with E-state index in [9.17, 15) is 9.59 Å². The number of fused-ring (bicyclic) bond motifs is 1. The van der Waals surface area contributed by atoms with E-state index in [1.54, 1.807) is 42.5 Å². The molecule has 1 N–H and O–H groups in total. The molecule has 3 aromatic carbocycles. The van der Waals surface area contributed by atoms with Gasteiger partial charge in [-0.25, -0.2) is 4.79 Å². The smallest absolute Gasteiger partial charge is 0.362 e. The van der Waals surface area contributed by atoms with Gasteiger partial charge in [-0.05, 0) is 42.0 Å². The van der Waals surface area contributed by atoms with Crippen LogP contribution in [0.1, 0.15) is 12.5 Å². The molecular formula is C23H20N2O6. The molecule has 0 aromatic heterocycles. The molecule has 3 amide bonds. The Morgan fingerprint density at radius 3 is 2.39 bits per heavy atom. The summed E-state index contributed by atoms with van der Waals surface area (Å²) < 4.78 is 16.4. The maximum absolute atomic E-state index is 12.6. The predicted molar refractivity (Wildman–Crippen MR) is 112 cm³/mol. The molecule has 1 heterocycles. The molecular weight excluding hydrogens is 400 g/mol. The van der Waals surface area contributed by atoms with Crippen molar-refractivity contribution in [3.05, 3.63) is 78.4 Å². The van der Waals surface area contributed by atoms with Crippen LogP contribution in [0, 0.1) is 0 Å². The van der Waals surface area contributed by atoms with E-state index < -0.39 is 11.9 Å². The largest absolute Gasteiger partial charge is 0.489 e. The molecule has 0 saturated heterocycles. The number of benzene rings is 3. The molecule has 0 aliphatic carbocycles. The average Bonchev–Trinajstić information content (AvgIpc) is 3.25. The standard InChI is InChI=1S/C23H20N2O6/c1-16(26)24-23(27)25(31-20-11-12-21-22(13-20)30-15-29-21)18-7-9-19(10-8-18)28-14-17-5-3-2-4-6-17/h2-13H,14-15H2,1H3,(H,24,26,27). The second-order valence-corrected chi connectivity index (χ2v) is 6.66. The summed E-state index contributed by atoms with van der Waals surface area (Å²) >= 11 is 0. The van der Waals surface area contributed by atoms with E-state index in [0.717, 1.165) is 10.6 Å². The van der Waals surface area contributed by atoms with Gasteiger partial charge >= 0.3 is 6.03 Å². The van der Waals surface area contributed by atoms with Gasteiger partial charge in [0, 0.05) is 13.0 Å². The Hall–Kier alpha value is -4.20. The fourth-order valence-electron chi connectivity index (χ4n) is 2.87. The average molecular weight is 420 g/mol. The maximum atomic E-state index is 12.6. The first-order chi connectivity index (χ1) is 15.1. The molecule has 8 heteroatoms. The van der Waals surface area contributed by atoms with Gasteiger partial charge in [-0.1, -0.05) is 30.3 Å². The number of imide groups is 1. The number of amides is 3. The minimum absolute atomic E-state index is 0.123. The molecule has 0 spiro atoms. The SMILES string of the molecule is CC(=O)NC(=O)N(Oc1ccc2c(c1)OCO2)c1ccc(OCc2ccccc2)cc1. The van der Waals surface area contributed by atoms with Crippen LogP contribution in [-0.4, -0.2) is 18.7 Å². The van der Waals surface area contributed by atoms with Crippen molar-refractivity contribution < 1.29 is 28.6 Å². The number of hydrogen-bond acceptors (Lipinski definition) is 6. The van der Waals surface area contributed by atoms with Crippen molar-refractivity contribution in [3.63, 3.8) is 0 Å². The number of ether oxygens (including phenoxy) is 3. The van der Waals surface area contributed by atoms with Gasteiger partial charge in [0.1, 0.15) is 12.4 Å². The highest BCUT2D eigenvalue weighted by molar-refractivity contribution is 6.00. The number of rotatable bonds is 6. The summed E-state index contributed by atoms with van der Waals surface area (Å²) in [7, 11) is 0. The third-order valence-electron chi connectivity index (χ3n) is 4.33. The van der Waals surface area contributed by atoms with Crippen LogP contribution in [0.5, 0.6) is 23.0 Å². The molecule has 1 aliphatic heterocycles. The minimum atomic E-state index is -0.733. The van der Waals surface area contributed by atoms with Crippen molar-refractivity contribution >= 4 is 17.6 Å². The Kier molecular flexibility index (Phi) is 5.89. The molecule has 1 aliphatic rings. The third-order valence-corrected chi connectivity index (χ3v) is 4.33. The van der Waals surface area contributed by atoms with Crippen LogP contribution in [0.4, 0.5) is 10.5 Å². The van der Waals surface area contributed by atoms with E-state index in [1.807, 2.05) is 30.3 Å². The van der Waals surface area contributed by atoms with Crippen LogP contribution in [0.15, 0.2) is 72.8 Å². The predicted octanol–water partition coefficient (Wildman–Crippen LogP) is 4.05. The fraction of sp³-hybridized carbons (Fsp3) is 0.130. The fourth-order valence-corrected chi connectivity index (χ4v) is 2.87. The number of nitrogens with one attached hydrogen (secondary N) is 1. The van der Waals surface area contributed by atoms with Crippen molar-refractivity contribution in [3.8, 4) is 23.0 Å². The van der Waals surface area contributed by atoms with Crippen LogP contribution >= 0.6 is 0 Å². The molecule has 0 bridgehead atoms. The van der Waals surface area contributed by atoms with Gasteiger partial charge in [-0.15, -0.1) is 5.06 Å². The zero-order valence-electron chi connectivity index (χ0n) is 16.7. The zero-order valence-corrected chi connectivity index (χ0v) is 16.7. The molecule has 31 heavy (non-hydrogen) atoms. The van der Waals surface area contributed by atoms with E-state index in [1.165, 1.54) is 6.92 Å². The van der Waals surface area contributed by atoms with E-state index in [4.69, 9.17) is 19.0 Å². The van der Waals surface area contributed by atoms with Gasteiger partial charge in [0.2, 0.25) is 12.7 Å². The highest BCUT2D eigenvalue weighted by Gasteiger charge is 2.21. The van der Waals surface area contributed by atoms with Gasteiger partial charge in [0.15, 0.2) is 17.2 Å².